The lowest BCUT2D eigenvalue weighted by molar-refractivity contribution is 0.0630. The maximum Gasteiger partial charge on any atom is 0.254 e. The molecule has 0 radical (unpaired) electrons. The van der Waals surface area contributed by atoms with Crippen LogP contribution in [0.3, 0.4) is 0 Å². The van der Waals surface area contributed by atoms with Crippen LogP contribution < -0.4 is 5.32 Å². The summed E-state index contributed by atoms with van der Waals surface area (Å²) >= 11 is 6.00. The lowest BCUT2D eigenvalue weighted by Crippen LogP contribution is -2.50. The standard InChI is InChI=1S/C17H23ClN2O/c1-3-20(15-9-13-5-6-14(10-15)19-13)17(21)16-7-4-12(18)8-11(16)2/h4,7-8,13-15,19H,3,5-6,9-10H2,1-2H3. The second-order valence-electron chi connectivity index (χ2n) is 6.31. The quantitative estimate of drug-likeness (QED) is 0.928. The number of rotatable bonds is 3. The van der Waals surface area contributed by atoms with E-state index in [0.717, 1.165) is 30.5 Å². The van der Waals surface area contributed by atoms with Crippen molar-refractivity contribution in [3.8, 4) is 0 Å². The summed E-state index contributed by atoms with van der Waals surface area (Å²) in [4.78, 5) is 15.0. The van der Waals surface area contributed by atoms with Gasteiger partial charge in [-0.3, -0.25) is 4.79 Å². The molecular formula is C17H23ClN2O. The number of nitrogens with zero attached hydrogens (tertiary/aromatic N) is 1. The fraction of sp³-hybridized carbons (Fsp3) is 0.588. The van der Waals surface area contributed by atoms with Crippen molar-refractivity contribution in [2.45, 2.75) is 57.7 Å². The zero-order valence-electron chi connectivity index (χ0n) is 12.7. The highest BCUT2D eigenvalue weighted by Gasteiger charge is 2.37. The largest absolute Gasteiger partial charge is 0.336 e. The highest BCUT2D eigenvalue weighted by atomic mass is 35.5. The minimum absolute atomic E-state index is 0.151. The van der Waals surface area contributed by atoms with Gasteiger partial charge in [-0.2, -0.15) is 0 Å². The van der Waals surface area contributed by atoms with Crippen molar-refractivity contribution >= 4 is 17.5 Å². The molecule has 0 aliphatic carbocycles. The van der Waals surface area contributed by atoms with Gasteiger partial charge in [0.2, 0.25) is 0 Å². The van der Waals surface area contributed by atoms with Gasteiger partial charge in [-0.05, 0) is 63.3 Å². The number of halogens is 1. The van der Waals surface area contributed by atoms with Crippen molar-refractivity contribution in [3.63, 3.8) is 0 Å². The predicted octanol–water partition coefficient (Wildman–Crippen LogP) is 3.39. The first-order chi connectivity index (χ1) is 10.1. The third-order valence-corrected chi connectivity index (χ3v) is 5.14. The number of piperidine rings is 1. The van der Waals surface area contributed by atoms with E-state index in [4.69, 9.17) is 11.6 Å². The molecule has 2 heterocycles. The number of amides is 1. The number of fused-ring (bicyclic) bond motifs is 2. The molecule has 2 aliphatic rings. The van der Waals surface area contributed by atoms with Gasteiger partial charge in [0.15, 0.2) is 0 Å². The van der Waals surface area contributed by atoms with E-state index in [0.29, 0.717) is 23.1 Å². The van der Waals surface area contributed by atoms with E-state index in [1.54, 1.807) is 0 Å². The molecule has 0 spiro atoms. The Hall–Kier alpha value is -1.06. The predicted molar refractivity (Wildman–Crippen MR) is 85.9 cm³/mol. The summed E-state index contributed by atoms with van der Waals surface area (Å²) in [5, 5.41) is 4.33. The summed E-state index contributed by atoms with van der Waals surface area (Å²) in [5.41, 5.74) is 1.75. The summed E-state index contributed by atoms with van der Waals surface area (Å²) in [6, 6.07) is 7.11. The van der Waals surface area contributed by atoms with Gasteiger partial charge in [-0.15, -0.1) is 0 Å². The molecule has 0 aromatic heterocycles. The van der Waals surface area contributed by atoms with E-state index >= 15 is 0 Å². The van der Waals surface area contributed by atoms with Crippen LogP contribution >= 0.6 is 11.6 Å². The SMILES string of the molecule is CCN(C(=O)c1ccc(Cl)cc1C)C1CC2CCC(C1)N2. The number of carbonyl (C=O) groups excluding carboxylic acids is 1. The molecular weight excluding hydrogens is 284 g/mol. The van der Waals surface area contributed by atoms with Crippen LogP contribution in [0.2, 0.25) is 5.02 Å². The second kappa shape index (κ2) is 5.98. The molecule has 2 saturated heterocycles. The highest BCUT2D eigenvalue weighted by molar-refractivity contribution is 6.30. The Labute approximate surface area is 131 Å². The van der Waals surface area contributed by atoms with Gasteiger partial charge < -0.3 is 10.2 Å². The summed E-state index contributed by atoms with van der Waals surface area (Å²) in [6.45, 7) is 4.80. The normalized spacial score (nSPS) is 27.7. The zero-order valence-corrected chi connectivity index (χ0v) is 13.5. The number of nitrogens with one attached hydrogen (secondary N) is 1. The van der Waals surface area contributed by atoms with E-state index in [1.165, 1.54) is 12.8 Å². The maximum absolute atomic E-state index is 12.9. The molecule has 3 rings (SSSR count). The topological polar surface area (TPSA) is 32.3 Å². The summed E-state index contributed by atoms with van der Waals surface area (Å²) in [5.74, 6) is 0.151. The Morgan fingerprint density at radius 1 is 1.33 bits per heavy atom. The molecule has 4 heteroatoms. The second-order valence-corrected chi connectivity index (χ2v) is 6.75. The van der Waals surface area contributed by atoms with Gasteiger partial charge in [0.1, 0.15) is 0 Å². The molecule has 2 unspecified atom stereocenters. The van der Waals surface area contributed by atoms with E-state index in [-0.39, 0.29) is 5.91 Å². The fourth-order valence-electron chi connectivity index (χ4n) is 3.87. The van der Waals surface area contributed by atoms with Crippen LogP contribution in [-0.2, 0) is 0 Å². The van der Waals surface area contributed by atoms with Gasteiger partial charge in [-0.25, -0.2) is 0 Å². The Morgan fingerprint density at radius 3 is 2.57 bits per heavy atom. The molecule has 1 aromatic carbocycles. The van der Waals surface area contributed by atoms with Crippen LogP contribution in [0.15, 0.2) is 18.2 Å². The minimum Gasteiger partial charge on any atom is -0.336 e. The first-order valence-electron chi connectivity index (χ1n) is 7.91. The molecule has 0 saturated carbocycles. The number of benzene rings is 1. The molecule has 2 aliphatic heterocycles. The average molecular weight is 307 g/mol. The fourth-order valence-corrected chi connectivity index (χ4v) is 4.10. The van der Waals surface area contributed by atoms with Crippen molar-refractivity contribution in [3.05, 3.63) is 34.3 Å². The Kier molecular flexibility index (Phi) is 4.23. The third-order valence-electron chi connectivity index (χ3n) is 4.91. The third kappa shape index (κ3) is 2.95. The smallest absolute Gasteiger partial charge is 0.254 e. The number of aryl methyl sites for hydroxylation is 1. The van der Waals surface area contributed by atoms with Crippen molar-refractivity contribution in [2.24, 2.45) is 0 Å². The molecule has 2 bridgehead atoms. The maximum atomic E-state index is 12.9. The van der Waals surface area contributed by atoms with Crippen LogP contribution in [0.5, 0.6) is 0 Å². The van der Waals surface area contributed by atoms with Crippen molar-refractivity contribution in [2.75, 3.05) is 6.54 Å². The average Bonchev–Trinajstić information content (AvgIpc) is 2.78. The van der Waals surface area contributed by atoms with E-state index in [9.17, 15) is 4.79 Å². The van der Waals surface area contributed by atoms with Gasteiger partial charge in [0.05, 0.1) is 0 Å². The molecule has 1 N–H and O–H groups in total. The molecule has 1 amide bonds. The van der Waals surface area contributed by atoms with Crippen LogP contribution in [-0.4, -0.2) is 35.5 Å². The molecule has 2 fully saturated rings. The number of carbonyl (C=O) groups is 1. The van der Waals surface area contributed by atoms with Gasteiger partial charge in [-0.1, -0.05) is 11.6 Å². The van der Waals surface area contributed by atoms with Crippen LogP contribution in [0.25, 0.3) is 0 Å². The first kappa shape index (κ1) is 14.9. The lowest BCUT2D eigenvalue weighted by Gasteiger charge is -2.37. The van der Waals surface area contributed by atoms with Crippen molar-refractivity contribution < 1.29 is 4.79 Å². The van der Waals surface area contributed by atoms with Crippen LogP contribution in [0.4, 0.5) is 0 Å². The van der Waals surface area contributed by atoms with Gasteiger partial charge in [0, 0.05) is 35.3 Å². The van der Waals surface area contributed by atoms with Crippen molar-refractivity contribution in [1.82, 2.24) is 10.2 Å². The number of hydrogen-bond donors (Lipinski definition) is 1. The molecule has 21 heavy (non-hydrogen) atoms. The summed E-state index contributed by atoms with van der Waals surface area (Å²) < 4.78 is 0. The van der Waals surface area contributed by atoms with E-state index < -0.39 is 0 Å². The Morgan fingerprint density at radius 2 is 2.00 bits per heavy atom. The van der Waals surface area contributed by atoms with E-state index in [2.05, 4.69) is 17.1 Å². The summed E-state index contributed by atoms with van der Waals surface area (Å²) in [6.07, 6.45) is 4.69. The van der Waals surface area contributed by atoms with Crippen LogP contribution in [0, 0.1) is 6.92 Å². The number of hydrogen-bond acceptors (Lipinski definition) is 2. The van der Waals surface area contributed by atoms with Gasteiger partial charge >= 0.3 is 0 Å². The Balaban J connectivity index is 1.80. The lowest BCUT2D eigenvalue weighted by atomic mass is 9.97. The molecule has 1 aromatic rings. The summed E-state index contributed by atoms with van der Waals surface area (Å²) in [7, 11) is 0. The molecule has 114 valence electrons. The van der Waals surface area contributed by atoms with Crippen LogP contribution in [0.1, 0.15) is 48.5 Å². The molecule has 3 nitrogen and oxygen atoms in total. The zero-order chi connectivity index (χ0) is 15.0. The van der Waals surface area contributed by atoms with Crippen molar-refractivity contribution in [1.29, 1.82) is 0 Å². The molecule has 2 atom stereocenters. The Bertz CT molecular complexity index is 534. The van der Waals surface area contributed by atoms with Gasteiger partial charge in [0.25, 0.3) is 5.91 Å². The first-order valence-corrected chi connectivity index (χ1v) is 8.29. The van der Waals surface area contributed by atoms with E-state index in [1.807, 2.05) is 25.1 Å². The monoisotopic (exact) mass is 306 g/mol. The highest BCUT2D eigenvalue weighted by Crippen LogP contribution is 2.30. The minimum atomic E-state index is 0.151.